The molecule has 2 aromatic rings. The summed E-state index contributed by atoms with van der Waals surface area (Å²) in [6.07, 6.45) is 0.352. The average Bonchev–Trinajstić information content (AvgIpc) is 3.05. The molecule has 2 aromatic carbocycles. The minimum absolute atomic E-state index is 0.0821. The number of benzene rings is 2. The van der Waals surface area contributed by atoms with Gasteiger partial charge in [-0.1, -0.05) is 0 Å². The van der Waals surface area contributed by atoms with Crippen molar-refractivity contribution < 1.29 is 28.7 Å². The summed E-state index contributed by atoms with van der Waals surface area (Å²) in [5.41, 5.74) is 1.57. The molecule has 0 atom stereocenters. The third kappa shape index (κ3) is 4.73. The molecule has 1 heterocycles. The van der Waals surface area contributed by atoms with E-state index in [9.17, 15) is 24.0 Å². The number of amides is 3. The van der Waals surface area contributed by atoms with E-state index in [0.717, 1.165) is 4.90 Å². The zero-order valence-corrected chi connectivity index (χ0v) is 15.6. The fourth-order valence-corrected chi connectivity index (χ4v) is 2.81. The van der Waals surface area contributed by atoms with Crippen molar-refractivity contribution in [3.63, 3.8) is 0 Å². The van der Waals surface area contributed by atoms with Crippen molar-refractivity contribution in [2.24, 2.45) is 0 Å². The molecular formula is C21H18N2O6. The van der Waals surface area contributed by atoms with Crippen LogP contribution in [0.3, 0.4) is 0 Å². The lowest BCUT2D eigenvalue weighted by Crippen LogP contribution is -2.28. The number of ketones is 1. The number of imide groups is 1. The van der Waals surface area contributed by atoms with Crippen molar-refractivity contribution in [2.75, 3.05) is 16.8 Å². The van der Waals surface area contributed by atoms with Gasteiger partial charge in [0.15, 0.2) is 12.4 Å². The van der Waals surface area contributed by atoms with Crippen LogP contribution in [0.1, 0.15) is 40.5 Å². The van der Waals surface area contributed by atoms with E-state index >= 15 is 0 Å². The summed E-state index contributed by atoms with van der Waals surface area (Å²) in [5, 5.41) is 2.56. The molecule has 0 unspecified atom stereocenters. The first-order valence-corrected chi connectivity index (χ1v) is 8.89. The fraction of sp³-hybridized carbons (Fsp3) is 0.190. The number of anilines is 2. The van der Waals surface area contributed by atoms with Gasteiger partial charge in [-0.25, -0.2) is 4.79 Å². The topological polar surface area (TPSA) is 110 Å². The highest BCUT2D eigenvalue weighted by atomic mass is 16.5. The molecule has 148 valence electrons. The summed E-state index contributed by atoms with van der Waals surface area (Å²) in [6, 6.07) is 12.1. The van der Waals surface area contributed by atoms with Gasteiger partial charge in [-0.15, -0.1) is 0 Å². The fourth-order valence-electron chi connectivity index (χ4n) is 2.81. The summed E-state index contributed by atoms with van der Waals surface area (Å²) in [5.74, 6) is -1.88. The number of carbonyl (C=O) groups excluding carboxylic acids is 5. The van der Waals surface area contributed by atoms with Crippen LogP contribution in [-0.2, 0) is 19.1 Å². The third-order valence-corrected chi connectivity index (χ3v) is 4.32. The van der Waals surface area contributed by atoms with Crippen molar-refractivity contribution in [3.8, 4) is 0 Å². The number of Topliss-reactive ketones (excluding diaryl/α,β-unsaturated/α-hetero) is 1. The zero-order valence-electron chi connectivity index (χ0n) is 15.6. The van der Waals surface area contributed by atoms with Crippen LogP contribution in [0.15, 0.2) is 48.5 Å². The lowest BCUT2D eigenvalue weighted by atomic mass is 10.1. The number of hydrogen-bond donors (Lipinski definition) is 1. The van der Waals surface area contributed by atoms with Gasteiger partial charge < -0.3 is 10.1 Å². The predicted molar refractivity (Wildman–Crippen MR) is 104 cm³/mol. The molecule has 0 saturated carbocycles. The van der Waals surface area contributed by atoms with E-state index < -0.39 is 18.5 Å². The van der Waals surface area contributed by atoms with Crippen molar-refractivity contribution >= 4 is 40.8 Å². The van der Waals surface area contributed by atoms with E-state index in [0.29, 0.717) is 16.9 Å². The third-order valence-electron chi connectivity index (χ3n) is 4.32. The van der Waals surface area contributed by atoms with Crippen LogP contribution in [0.2, 0.25) is 0 Å². The first-order chi connectivity index (χ1) is 13.8. The minimum atomic E-state index is -0.710. The van der Waals surface area contributed by atoms with Gasteiger partial charge in [0.25, 0.3) is 5.91 Å². The molecule has 0 bridgehead atoms. The van der Waals surface area contributed by atoms with Crippen LogP contribution in [0.5, 0.6) is 0 Å². The maximum absolute atomic E-state index is 12.1. The smallest absolute Gasteiger partial charge is 0.338 e. The van der Waals surface area contributed by atoms with E-state index in [1.807, 2.05) is 0 Å². The van der Waals surface area contributed by atoms with Gasteiger partial charge in [-0.2, -0.15) is 0 Å². The molecule has 0 aliphatic carbocycles. The maximum atomic E-state index is 12.1. The Bertz CT molecular complexity index is 963. The van der Waals surface area contributed by atoms with Crippen LogP contribution in [0.25, 0.3) is 0 Å². The van der Waals surface area contributed by atoms with Crippen molar-refractivity contribution in [3.05, 3.63) is 59.7 Å². The predicted octanol–water partition coefficient (Wildman–Crippen LogP) is 2.34. The van der Waals surface area contributed by atoms with Gasteiger partial charge in [0.1, 0.15) is 0 Å². The lowest BCUT2D eigenvalue weighted by Gasteiger charge is -2.14. The van der Waals surface area contributed by atoms with Crippen molar-refractivity contribution in [2.45, 2.75) is 19.8 Å². The number of carbonyl (C=O) groups is 5. The molecule has 8 heteroatoms. The average molecular weight is 394 g/mol. The van der Waals surface area contributed by atoms with Crippen LogP contribution >= 0.6 is 0 Å². The monoisotopic (exact) mass is 394 g/mol. The Kier molecular flexibility index (Phi) is 5.82. The number of nitrogens with one attached hydrogen (secondary N) is 1. The normalized spacial score (nSPS) is 13.3. The summed E-state index contributed by atoms with van der Waals surface area (Å²) < 4.78 is 4.98. The van der Waals surface area contributed by atoms with Crippen LogP contribution in [0, 0.1) is 0 Å². The molecule has 1 fully saturated rings. The Morgan fingerprint density at radius 1 is 0.897 bits per heavy atom. The second-order valence-corrected chi connectivity index (χ2v) is 6.43. The molecule has 29 heavy (non-hydrogen) atoms. The number of rotatable bonds is 6. The molecule has 0 radical (unpaired) electrons. The summed E-state index contributed by atoms with van der Waals surface area (Å²) in [6.45, 7) is 0.957. The SMILES string of the molecule is CC(=O)c1ccc(NC(=O)COC(=O)c2ccc(N3C(=O)CCC3=O)cc2)cc1. The second-order valence-electron chi connectivity index (χ2n) is 6.43. The molecule has 0 spiro atoms. The highest BCUT2D eigenvalue weighted by Gasteiger charge is 2.30. The van der Waals surface area contributed by atoms with E-state index in [4.69, 9.17) is 4.74 Å². The molecular weight excluding hydrogens is 376 g/mol. The van der Waals surface area contributed by atoms with E-state index in [-0.39, 0.29) is 36.0 Å². The van der Waals surface area contributed by atoms with Crippen LogP contribution in [-0.4, -0.2) is 36.1 Å². The molecule has 1 aliphatic heterocycles. The number of ether oxygens (including phenoxy) is 1. The minimum Gasteiger partial charge on any atom is -0.452 e. The first-order valence-electron chi connectivity index (χ1n) is 8.89. The standard InChI is InChI=1S/C21H18N2O6/c1-13(24)14-2-6-16(7-3-14)22-18(25)12-29-21(28)15-4-8-17(9-5-15)23-19(26)10-11-20(23)27/h2-9H,10-12H2,1H3,(H,22,25). The quantitative estimate of drug-likeness (QED) is 0.457. The molecule has 1 saturated heterocycles. The molecule has 0 aromatic heterocycles. The van der Waals surface area contributed by atoms with Crippen molar-refractivity contribution in [1.82, 2.24) is 0 Å². The van der Waals surface area contributed by atoms with Crippen LogP contribution < -0.4 is 10.2 Å². The van der Waals surface area contributed by atoms with Gasteiger partial charge in [-0.05, 0) is 55.5 Å². The van der Waals surface area contributed by atoms with Gasteiger partial charge in [0.05, 0.1) is 11.3 Å². The zero-order chi connectivity index (χ0) is 21.0. The largest absolute Gasteiger partial charge is 0.452 e. The lowest BCUT2D eigenvalue weighted by molar-refractivity contribution is -0.121. The highest BCUT2D eigenvalue weighted by Crippen LogP contribution is 2.23. The van der Waals surface area contributed by atoms with Gasteiger partial charge in [0, 0.05) is 24.1 Å². The molecule has 1 N–H and O–H groups in total. The molecule has 3 amide bonds. The number of hydrogen-bond acceptors (Lipinski definition) is 6. The van der Waals surface area contributed by atoms with E-state index in [1.54, 1.807) is 24.3 Å². The molecule has 1 aliphatic rings. The van der Waals surface area contributed by atoms with Gasteiger partial charge >= 0.3 is 5.97 Å². The van der Waals surface area contributed by atoms with Crippen LogP contribution in [0.4, 0.5) is 11.4 Å². The summed E-state index contributed by atoms with van der Waals surface area (Å²) in [4.78, 5) is 59.8. The highest BCUT2D eigenvalue weighted by molar-refractivity contribution is 6.19. The Hall–Kier alpha value is -3.81. The Morgan fingerprint density at radius 2 is 1.45 bits per heavy atom. The van der Waals surface area contributed by atoms with Gasteiger partial charge in [0.2, 0.25) is 11.8 Å². The summed E-state index contributed by atoms with van der Waals surface area (Å²) >= 11 is 0. The maximum Gasteiger partial charge on any atom is 0.338 e. The number of esters is 1. The van der Waals surface area contributed by atoms with Crippen molar-refractivity contribution in [1.29, 1.82) is 0 Å². The Balaban J connectivity index is 1.53. The second kappa shape index (κ2) is 8.47. The first kappa shape index (κ1) is 19.9. The molecule has 3 rings (SSSR count). The Morgan fingerprint density at radius 3 is 2.00 bits per heavy atom. The molecule has 8 nitrogen and oxygen atoms in total. The number of nitrogens with zero attached hydrogens (tertiary/aromatic N) is 1. The van der Waals surface area contributed by atoms with E-state index in [1.165, 1.54) is 31.2 Å². The van der Waals surface area contributed by atoms with Gasteiger partial charge in [-0.3, -0.25) is 24.1 Å². The Labute approximate surface area is 166 Å². The van der Waals surface area contributed by atoms with E-state index in [2.05, 4.69) is 5.32 Å². The summed E-state index contributed by atoms with van der Waals surface area (Å²) in [7, 11) is 0.